The van der Waals surface area contributed by atoms with Gasteiger partial charge in [-0.15, -0.1) is 24.0 Å². The second-order valence-corrected chi connectivity index (χ2v) is 7.10. The highest BCUT2D eigenvalue weighted by Crippen LogP contribution is 2.26. The van der Waals surface area contributed by atoms with Crippen LogP contribution in [0.2, 0.25) is 0 Å². The quantitative estimate of drug-likeness (QED) is 0.299. The smallest absolute Gasteiger partial charge is 0.191 e. The van der Waals surface area contributed by atoms with Gasteiger partial charge in [0.2, 0.25) is 0 Å². The van der Waals surface area contributed by atoms with Crippen LogP contribution in [0.4, 0.5) is 0 Å². The number of hydrogen-bond acceptors (Lipinski definition) is 2. The standard InChI is InChI=1S/C17H34N4.HI/c1-14(2)7-6-11-19-17(18-3)20-15-10-12-21(13-15)16-8-4-5-9-16;/h14-16H,4-13H2,1-3H3,(H2,18,19,20);1H. The minimum atomic E-state index is 0. The fourth-order valence-electron chi connectivity index (χ4n) is 3.61. The SMILES string of the molecule is CN=C(NCCCC(C)C)NC1CCN(C2CCCC2)C1.I. The molecule has 1 heterocycles. The van der Waals surface area contributed by atoms with Crippen LogP contribution in [0.15, 0.2) is 4.99 Å². The summed E-state index contributed by atoms with van der Waals surface area (Å²) in [7, 11) is 1.88. The second kappa shape index (κ2) is 10.7. The van der Waals surface area contributed by atoms with Crippen molar-refractivity contribution in [1.82, 2.24) is 15.5 Å². The first-order valence-electron chi connectivity index (χ1n) is 8.90. The molecule has 1 saturated heterocycles. The van der Waals surface area contributed by atoms with Crippen LogP contribution in [0.1, 0.15) is 58.8 Å². The van der Waals surface area contributed by atoms with Crippen LogP contribution in [0.3, 0.4) is 0 Å². The number of nitrogens with one attached hydrogen (secondary N) is 2. The fraction of sp³-hybridized carbons (Fsp3) is 0.941. The number of likely N-dealkylation sites (tertiary alicyclic amines) is 1. The van der Waals surface area contributed by atoms with Crippen molar-refractivity contribution in [1.29, 1.82) is 0 Å². The van der Waals surface area contributed by atoms with Gasteiger partial charge in [-0.05, 0) is 38.0 Å². The van der Waals surface area contributed by atoms with Gasteiger partial charge in [0.05, 0.1) is 0 Å². The highest BCUT2D eigenvalue weighted by Gasteiger charge is 2.30. The Hall–Kier alpha value is -0.0400. The molecule has 4 nitrogen and oxygen atoms in total. The number of halogens is 1. The average molecular weight is 422 g/mol. The lowest BCUT2D eigenvalue weighted by Gasteiger charge is -2.24. The minimum absolute atomic E-state index is 0. The Morgan fingerprint density at radius 2 is 1.95 bits per heavy atom. The monoisotopic (exact) mass is 422 g/mol. The summed E-state index contributed by atoms with van der Waals surface area (Å²) in [5.74, 6) is 1.77. The fourth-order valence-corrected chi connectivity index (χ4v) is 3.61. The predicted molar refractivity (Wildman–Crippen MR) is 106 cm³/mol. The lowest BCUT2D eigenvalue weighted by molar-refractivity contribution is 0.242. The van der Waals surface area contributed by atoms with E-state index in [1.807, 2.05) is 7.05 Å². The summed E-state index contributed by atoms with van der Waals surface area (Å²) < 4.78 is 0. The average Bonchev–Trinajstić information content (AvgIpc) is 3.12. The lowest BCUT2D eigenvalue weighted by Crippen LogP contribution is -2.45. The van der Waals surface area contributed by atoms with E-state index in [4.69, 9.17) is 0 Å². The highest BCUT2D eigenvalue weighted by molar-refractivity contribution is 14.0. The summed E-state index contributed by atoms with van der Waals surface area (Å²) in [5.41, 5.74) is 0. The molecule has 130 valence electrons. The molecule has 0 aromatic heterocycles. The molecular formula is C17H35IN4. The molecular weight excluding hydrogens is 387 g/mol. The Balaban J connectivity index is 0.00000242. The first kappa shape index (κ1) is 20.0. The van der Waals surface area contributed by atoms with Gasteiger partial charge in [0.15, 0.2) is 5.96 Å². The normalized spacial score (nSPS) is 23.8. The van der Waals surface area contributed by atoms with Gasteiger partial charge in [-0.3, -0.25) is 9.89 Å². The molecule has 1 saturated carbocycles. The zero-order chi connectivity index (χ0) is 15.1. The summed E-state index contributed by atoms with van der Waals surface area (Å²) in [6.45, 7) is 8.04. The van der Waals surface area contributed by atoms with Gasteiger partial charge in [-0.1, -0.05) is 26.7 Å². The Morgan fingerprint density at radius 1 is 1.23 bits per heavy atom. The summed E-state index contributed by atoms with van der Waals surface area (Å²) in [6.07, 6.45) is 9.43. The van der Waals surface area contributed by atoms with Crippen molar-refractivity contribution in [3.05, 3.63) is 0 Å². The summed E-state index contributed by atoms with van der Waals surface area (Å²) >= 11 is 0. The molecule has 2 N–H and O–H groups in total. The van der Waals surface area contributed by atoms with Crippen molar-refractivity contribution in [3.8, 4) is 0 Å². The van der Waals surface area contributed by atoms with Gasteiger partial charge in [0.1, 0.15) is 0 Å². The molecule has 5 heteroatoms. The first-order chi connectivity index (χ1) is 10.2. The molecule has 2 rings (SSSR count). The van der Waals surface area contributed by atoms with E-state index >= 15 is 0 Å². The Labute approximate surface area is 153 Å². The third kappa shape index (κ3) is 6.60. The van der Waals surface area contributed by atoms with Crippen LogP contribution in [-0.2, 0) is 0 Å². The van der Waals surface area contributed by atoms with Crippen molar-refractivity contribution in [2.45, 2.75) is 70.9 Å². The van der Waals surface area contributed by atoms with E-state index in [0.29, 0.717) is 6.04 Å². The molecule has 0 aromatic rings. The van der Waals surface area contributed by atoms with Crippen LogP contribution in [-0.4, -0.2) is 49.6 Å². The van der Waals surface area contributed by atoms with Crippen molar-refractivity contribution < 1.29 is 0 Å². The Bertz CT molecular complexity index is 327. The maximum Gasteiger partial charge on any atom is 0.191 e. The minimum Gasteiger partial charge on any atom is -0.356 e. The van der Waals surface area contributed by atoms with E-state index in [2.05, 4.69) is 34.4 Å². The molecule has 0 bridgehead atoms. The summed E-state index contributed by atoms with van der Waals surface area (Å²) in [4.78, 5) is 7.06. The van der Waals surface area contributed by atoms with E-state index in [9.17, 15) is 0 Å². The maximum atomic E-state index is 4.37. The van der Waals surface area contributed by atoms with Crippen molar-refractivity contribution in [3.63, 3.8) is 0 Å². The van der Waals surface area contributed by atoms with Crippen molar-refractivity contribution in [2.75, 3.05) is 26.7 Å². The lowest BCUT2D eigenvalue weighted by atomic mass is 10.1. The molecule has 1 aliphatic carbocycles. The largest absolute Gasteiger partial charge is 0.356 e. The molecule has 0 aromatic carbocycles. The van der Waals surface area contributed by atoms with Crippen LogP contribution in [0.25, 0.3) is 0 Å². The third-order valence-corrected chi connectivity index (χ3v) is 4.88. The number of guanidine groups is 1. The molecule has 2 aliphatic rings. The molecule has 0 spiro atoms. The third-order valence-electron chi connectivity index (χ3n) is 4.88. The number of nitrogens with zero attached hydrogens (tertiary/aromatic N) is 2. The second-order valence-electron chi connectivity index (χ2n) is 7.10. The maximum absolute atomic E-state index is 4.37. The van der Waals surface area contributed by atoms with E-state index in [1.54, 1.807) is 0 Å². The summed E-state index contributed by atoms with van der Waals surface area (Å²) in [6, 6.07) is 1.43. The van der Waals surface area contributed by atoms with Gasteiger partial charge in [0.25, 0.3) is 0 Å². The number of hydrogen-bond donors (Lipinski definition) is 2. The van der Waals surface area contributed by atoms with Gasteiger partial charge in [-0.25, -0.2) is 0 Å². The van der Waals surface area contributed by atoms with Gasteiger partial charge in [0, 0.05) is 38.8 Å². The van der Waals surface area contributed by atoms with Crippen LogP contribution >= 0.6 is 24.0 Å². The van der Waals surface area contributed by atoms with Crippen molar-refractivity contribution >= 4 is 29.9 Å². The Morgan fingerprint density at radius 3 is 2.59 bits per heavy atom. The predicted octanol–water partition coefficient (Wildman–Crippen LogP) is 3.22. The molecule has 2 fully saturated rings. The van der Waals surface area contributed by atoms with Gasteiger partial charge < -0.3 is 10.6 Å². The molecule has 0 amide bonds. The van der Waals surface area contributed by atoms with Crippen molar-refractivity contribution in [2.24, 2.45) is 10.9 Å². The molecule has 22 heavy (non-hydrogen) atoms. The molecule has 1 atom stereocenters. The van der Waals surface area contributed by atoms with E-state index in [0.717, 1.165) is 24.5 Å². The first-order valence-corrected chi connectivity index (χ1v) is 8.90. The van der Waals surface area contributed by atoms with E-state index < -0.39 is 0 Å². The number of rotatable bonds is 6. The zero-order valence-corrected chi connectivity index (χ0v) is 16.9. The highest BCUT2D eigenvalue weighted by atomic mass is 127. The molecule has 1 unspecified atom stereocenters. The molecule has 1 aliphatic heterocycles. The zero-order valence-electron chi connectivity index (χ0n) is 14.6. The Kier molecular flexibility index (Phi) is 9.71. The summed E-state index contributed by atoms with van der Waals surface area (Å²) in [5, 5.41) is 7.06. The van der Waals surface area contributed by atoms with Crippen LogP contribution in [0.5, 0.6) is 0 Å². The van der Waals surface area contributed by atoms with E-state index in [1.165, 1.54) is 58.0 Å². The van der Waals surface area contributed by atoms with Gasteiger partial charge >= 0.3 is 0 Å². The van der Waals surface area contributed by atoms with E-state index in [-0.39, 0.29) is 24.0 Å². The van der Waals surface area contributed by atoms with Crippen LogP contribution in [0, 0.1) is 5.92 Å². The van der Waals surface area contributed by atoms with Gasteiger partial charge in [-0.2, -0.15) is 0 Å². The number of aliphatic imine (C=N–C) groups is 1. The molecule has 0 radical (unpaired) electrons. The van der Waals surface area contributed by atoms with Crippen LogP contribution < -0.4 is 10.6 Å². The topological polar surface area (TPSA) is 39.7 Å².